The van der Waals surface area contributed by atoms with Gasteiger partial charge in [0.1, 0.15) is 48.3 Å². The topological polar surface area (TPSA) is 198 Å². The van der Waals surface area contributed by atoms with Gasteiger partial charge in [-0.3, -0.25) is 0 Å². The first-order valence-electron chi connectivity index (χ1n) is 10.9. The molecule has 1 aromatic heterocycles. The van der Waals surface area contributed by atoms with Gasteiger partial charge in [0.25, 0.3) is 0 Å². The summed E-state index contributed by atoms with van der Waals surface area (Å²) in [4.78, 5) is 11.6. The zero-order valence-corrected chi connectivity index (χ0v) is 18.8. The van der Waals surface area contributed by atoms with Crippen molar-refractivity contribution in [3.8, 4) is 11.5 Å². The van der Waals surface area contributed by atoms with Crippen LogP contribution in [0.5, 0.6) is 11.5 Å². The quantitative estimate of drug-likeness (QED) is 0.235. The molecule has 10 atom stereocenters. The Morgan fingerprint density at radius 3 is 2.23 bits per heavy atom. The Balaban J connectivity index is 1.50. The van der Waals surface area contributed by atoms with Gasteiger partial charge in [-0.1, -0.05) is 0 Å². The number of rotatable bonds is 6. The molecule has 0 radical (unpaired) electrons. The Kier molecular flexibility index (Phi) is 7.61. The molecule has 2 aliphatic rings. The second-order valence-corrected chi connectivity index (χ2v) is 8.44. The zero-order chi connectivity index (χ0) is 25.4. The van der Waals surface area contributed by atoms with E-state index in [-0.39, 0.29) is 17.1 Å². The molecule has 0 aliphatic carbocycles. The van der Waals surface area contributed by atoms with Gasteiger partial charge in [0, 0.05) is 17.5 Å². The van der Waals surface area contributed by atoms with Gasteiger partial charge < -0.3 is 58.7 Å². The predicted molar refractivity (Wildman–Crippen MR) is 115 cm³/mol. The molecule has 35 heavy (non-hydrogen) atoms. The van der Waals surface area contributed by atoms with Crippen LogP contribution in [0.4, 0.5) is 0 Å². The number of fused-ring (bicyclic) bond motifs is 1. The average Bonchev–Trinajstić information content (AvgIpc) is 2.84. The van der Waals surface area contributed by atoms with Crippen LogP contribution in [0.3, 0.4) is 0 Å². The maximum absolute atomic E-state index is 11.6. The molecule has 0 spiro atoms. The molecule has 6 N–H and O–H groups in total. The normalized spacial score (nSPS) is 37.8. The van der Waals surface area contributed by atoms with E-state index in [1.165, 1.54) is 38.3 Å². The van der Waals surface area contributed by atoms with Gasteiger partial charge in [0.15, 0.2) is 17.8 Å². The molecular weight excluding hydrogens is 472 g/mol. The first kappa shape index (κ1) is 25.8. The van der Waals surface area contributed by atoms with Crippen LogP contribution in [0.25, 0.3) is 11.0 Å². The molecule has 2 fully saturated rings. The molecule has 0 amide bonds. The van der Waals surface area contributed by atoms with Gasteiger partial charge in [-0.05, 0) is 19.1 Å². The van der Waals surface area contributed by atoms with E-state index in [1.807, 2.05) is 0 Å². The summed E-state index contributed by atoms with van der Waals surface area (Å²) in [6.45, 7) is 1.04. The molecule has 2 aromatic rings. The Hall–Kier alpha value is -2.33. The lowest BCUT2D eigenvalue weighted by Gasteiger charge is -2.42. The first-order valence-corrected chi connectivity index (χ1v) is 10.9. The fraction of sp³-hybridized carbons (Fsp3) is 0.591. The SMILES string of the molecule is COc1cc2ccc(=O)oc2cc1O[C@H]1O[C@@H](CO[C@@H]2O[C@H](C)[C@@H](O)[C@@H](O)[C@@H]2O)[C@@H](O)[C@@H](O)[C@@H]1O. The molecule has 3 heterocycles. The van der Waals surface area contributed by atoms with Crippen LogP contribution in [0.15, 0.2) is 33.5 Å². The lowest BCUT2D eigenvalue weighted by atomic mass is 9.98. The van der Waals surface area contributed by atoms with Gasteiger partial charge in [0.2, 0.25) is 6.29 Å². The molecule has 194 valence electrons. The van der Waals surface area contributed by atoms with E-state index in [0.29, 0.717) is 5.39 Å². The third kappa shape index (κ3) is 5.14. The van der Waals surface area contributed by atoms with Gasteiger partial charge in [0.05, 0.1) is 19.8 Å². The third-order valence-corrected chi connectivity index (χ3v) is 6.05. The van der Waals surface area contributed by atoms with Crippen molar-refractivity contribution in [2.45, 2.75) is 68.3 Å². The van der Waals surface area contributed by atoms with Crippen molar-refractivity contribution in [1.82, 2.24) is 0 Å². The summed E-state index contributed by atoms with van der Waals surface area (Å²) in [6, 6.07) is 5.67. The minimum Gasteiger partial charge on any atom is -0.493 e. The summed E-state index contributed by atoms with van der Waals surface area (Å²) >= 11 is 0. The molecule has 13 heteroatoms. The van der Waals surface area contributed by atoms with Crippen molar-refractivity contribution >= 4 is 11.0 Å². The van der Waals surface area contributed by atoms with Crippen molar-refractivity contribution in [2.24, 2.45) is 0 Å². The van der Waals surface area contributed by atoms with E-state index in [9.17, 15) is 35.4 Å². The standard InChI is InChI=1S/C22H28O13/c1-8-15(24)17(26)19(28)21(32-8)31-7-13-16(25)18(27)20(29)22(35-13)34-12-6-10-9(5-11(12)30-2)3-4-14(23)33-10/h3-6,8,13,15-22,24-29H,7H2,1-2H3/t8-,13+,15-,16-,17-,18-,19+,20+,21-,22+/m1/s1. The maximum Gasteiger partial charge on any atom is 0.336 e. The highest BCUT2D eigenvalue weighted by Crippen LogP contribution is 2.35. The summed E-state index contributed by atoms with van der Waals surface area (Å²) < 4.78 is 32.5. The van der Waals surface area contributed by atoms with E-state index in [0.717, 1.165) is 0 Å². The number of ether oxygens (including phenoxy) is 5. The summed E-state index contributed by atoms with van der Waals surface area (Å²) in [6.07, 6.45) is -14.4. The zero-order valence-electron chi connectivity index (χ0n) is 18.8. The fourth-order valence-corrected chi connectivity index (χ4v) is 3.94. The molecule has 13 nitrogen and oxygen atoms in total. The second kappa shape index (κ2) is 10.3. The highest BCUT2D eigenvalue weighted by molar-refractivity contribution is 5.80. The Bertz CT molecular complexity index is 1070. The summed E-state index contributed by atoms with van der Waals surface area (Å²) in [5.41, 5.74) is -0.408. The summed E-state index contributed by atoms with van der Waals surface area (Å²) in [5, 5.41) is 61.5. The number of aliphatic hydroxyl groups excluding tert-OH is 6. The molecule has 2 aliphatic heterocycles. The predicted octanol–water partition coefficient (Wildman–Crippen LogP) is -2.17. The van der Waals surface area contributed by atoms with Crippen molar-refractivity contribution in [2.75, 3.05) is 13.7 Å². The van der Waals surface area contributed by atoms with Gasteiger partial charge >= 0.3 is 5.63 Å². The molecule has 2 saturated heterocycles. The largest absolute Gasteiger partial charge is 0.493 e. The minimum absolute atomic E-state index is 0.0265. The highest BCUT2D eigenvalue weighted by Gasteiger charge is 2.47. The molecule has 0 unspecified atom stereocenters. The summed E-state index contributed by atoms with van der Waals surface area (Å²) in [5.74, 6) is 0.245. The van der Waals surface area contributed by atoms with E-state index < -0.39 is 73.6 Å². The van der Waals surface area contributed by atoms with Gasteiger partial charge in [-0.25, -0.2) is 4.79 Å². The molecular formula is C22H28O13. The van der Waals surface area contributed by atoms with Crippen molar-refractivity contribution < 1.29 is 58.7 Å². The maximum atomic E-state index is 11.6. The van der Waals surface area contributed by atoms with Crippen LogP contribution in [0.2, 0.25) is 0 Å². The van der Waals surface area contributed by atoms with Crippen LogP contribution in [0.1, 0.15) is 6.92 Å². The molecule has 0 bridgehead atoms. The number of benzene rings is 1. The van der Waals surface area contributed by atoms with Crippen LogP contribution < -0.4 is 15.1 Å². The lowest BCUT2D eigenvalue weighted by Crippen LogP contribution is -2.61. The summed E-state index contributed by atoms with van der Waals surface area (Å²) in [7, 11) is 1.38. The highest BCUT2D eigenvalue weighted by atomic mass is 16.7. The van der Waals surface area contributed by atoms with E-state index in [1.54, 1.807) is 0 Å². The monoisotopic (exact) mass is 500 g/mol. The minimum atomic E-state index is -1.70. The smallest absolute Gasteiger partial charge is 0.336 e. The second-order valence-electron chi connectivity index (χ2n) is 8.44. The van der Waals surface area contributed by atoms with Crippen LogP contribution >= 0.6 is 0 Å². The first-order chi connectivity index (χ1) is 16.6. The van der Waals surface area contributed by atoms with E-state index >= 15 is 0 Å². The third-order valence-electron chi connectivity index (χ3n) is 6.05. The molecule has 4 rings (SSSR count). The number of hydrogen-bond acceptors (Lipinski definition) is 13. The number of aliphatic hydroxyl groups is 6. The van der Waals surface area contributed by atoms with Crippen LogP contribution in [-0.4, -0.2) is 106 Å². The van der Waals surface area contributed by atoms with Crippen LogP contribution in [-0.2, 0) is 14.2 Å². The number of hydrogen-bond donors (Lipinski definition) is 6. The van der Waals surface area contributed by atoms with Gasteiger partial charge in [-0.15, -0.1) is 0 Å². The fourth-order valence-electron chi connectivity index (χ4n) is 3.94. The van der Waals surface area contributed by atoms with E-state index in [2.05, 4.69) is 0 Å². The average molecular weight is 500 g/mol. The Morgan fingerprint density at radius 1 is 0.829 bits per heavy atom. The number of methoxy groups -OCH3 is 1. The van der Waals surface area contributed by atoms with Crippen molar-refractivity contribution in [3.63, 3.8) is 0 Å². The Labute approximate surface area is 198 Å². The molecule has 0 saturated carbocycles. The van der Waals surface area contributed by atoms with Crippen LogP contribution in [0, 0.1) is 0 Å². The van der Waals surface area contributed by atoms with Crippen molar-refractivity contribution in [1.29, 1.82) is 0 Å². The lowest BCUT2D eigenvalue weighted by molar-refractivity contribution is -0.318. The van der Waals surface area contributed by atoms with Gasteiger partial charge in [-0.2, -0.15) is 0 Å². The van der Waals surface area contributed by atoms with Crippen molar-refractivity contribution in [3.05, 3.63) is 34.7 Å². The Morgan fingerprint density at radius 2 is 1.51 bits per heavy atom. The molecule has 1 aromatic carbocycles. The van der Waals surface area contributed by atoms with E-state index in [4.69, 9.17) is 28.1 Å².